The molecule has 0 aromatic rings. The molecule has 2 heteroatoms. The summed E-state index contributed by atoms with van der Waals surface area (Å²) >= 11 is 0. The van der Waals surface area contributed by atoms with Gasteiger partial charge in [0.05, 0.1) is 0 Å². The molecule has 100 valence electrons. The first-order valence-electron chi connectivity index (χ1n) is 6.98. The van der Waals surface area contributed by atoms with Gasteiger partial charge in [0.25, 0.3) is 0 Å². The molecular weight excluding hydrogens is 200 g/mol. The number of rotatable bonds is 10. The summed E-state index contributed by atoms with van der Waals surface area (Å²) in [7, 11) is 0. The Kier molecular flexibility index (Phi) is 23.3. The van der Waals surface area contributed by atoms with Crippen LogP contribution in [0.15, 0.2) is 0 Å². The van der Waals surface area contributed by atoms with Gasteiger partial charge in [-0.2, -0.15) is 0 Å². The van der Waals surface area contributed by atoms with E-state index >= 15 is 0 Å². The van der Waals surface area contributed by atoms with Gasteiger partial charge in [-0.25, -0.2) is 0 Å². The van der Waals surface area contributed by atoms with Crippen molar-refractivity contribution in [2.75, 3.05) is 26.4 Å². The Balaban J connectivity index is 0. The van der Waals surface area contributed by atoms with Crippen molar-refractivity contribution in [3.8, 4) is 0 Å². The lowest BCUT2D eigenvalue weighted by molar-refractivity contribution is 0.128. The van der Waals surface area contributed by atoms with Gasteiger partial charge in [0.1, 0.15) is 0 Å². The molecule has 0 radical (unpaired) electrons. The quantitative estimate of drug-likeness (QED) is 0.519. The zero-order valence-electron chi connectivity index (χ0n) is 11.9. The van der Waals surface area contributed by atoms with Crippen LogP contribution in [0.1, 0.15) is 66.2 Å². The summed E-state index contributed by atoms with van der Waals surface area (Å²) in [6.07, 6.45) is 7.19. The molecule has 0 aliphatic heterocycles. The second-order valence-electron chi connectivity index (χ2n) is 3.93. The molecule has 0 aliphatic rings. The molecule has 0 spiro atoms. The van der Waals surface area contributed by atoms with Crippen molar-refractivity contribution in [1.82, 2.24) is 0 Å². The van der Waals surface area contributed by atoms with Gasteiger partial charge in [-0.05, 0) is 25.7 Å². The summed E-state index contributed by atoms with van der Waals surface area (Å²) in [6.45, 7) is 12.4. The van der Waals surface area contributed by atoms with Crippen LogP contribution in [0, 0.1) is 0 Å². The molecule has 0 atom stereocenters. The van der Waals surface area contributed by atoms with E-state index in [2.05, 4.69) is 27.7 Å². The van der Waals surface area contributed by atoms with E-state index in [1.165, 1.54) is 25.7 Å². The van der Waals surface area contributed by atoms with Crippen LogP contribution in [0.4, 0.5) is 0 Å². The molecule has 0 saturated heterocycles. The number of unbranched alkanes of at least 4 members (excludes halogenated alkanes) is 2. The highest BCUT2D eigenvalue weighted by molar-refractivity contribution is 4.33. The Labute approximate surface area is 103 Å². The van der Waals surface area contributed by atoms with Crippen molar-refractivity contribution in [3.63, 3.8) is 0 Å². The normalized spacial score (nSPS) is 9.75. The first kappa shape index (κ1) is 18.3. The molecule has 0 heterocycles. The van der Waals surface area contributed by atoms with Crippen molar-refractivity contribution in [3.05, 3.63) is 0 Å². The first-order valence-corrected chi connectivity index (χ1v) is 6.98. The van der Waals surface area contributed by atoms with Crippen LogP contribution < -0.4 is 0 Å². The van der Waals surface area contributed by atoms with Crippen LogP contribution in [-0.4, -0.2) is 26.4 Å². The maximum Gasteiger partial charge on any atom is 0.0465 e. The molecule has 0 bridgehead atoms. The van der Waals surface area contributed by atoms with Crippen LogP contribution in [0.3, 0.4) is 0 Å². The van der Waals surface area contributed by atoms with Crippen molar-refractivity contribution < 1.29 is 9.47 Å². The Morgan fingerprint density at radius 1 is 0.500 bits per heavy atom. The predicted octanol–water partition coefficient (Wildman–Crippen LogP) is 4.43. The fourth-order valence-corrected chi connectivity index (χ4v) is 0.986. The molecule has 0 rings (SSSR count). The second kappa shape index (κ2) is 20.3. The largest absolute Gasteiger partial charge is 0.381 e. The molecule has 0 N–H and O–H groups in total. The van der Waals surface area contributed by atoms with E-state index < -0.39 is 0 Å². The van der Waals surface area contributed by atoms with Gasteiger partial charge in [0.15, 0.2) is 0 Å². The third-order valence-electron chi connectivity index (χ3n) is 1.98. The lowest BCUT2D eigenvalue weighted by Crippen LogP contribution is -1.95. The van der Waals surface area contributed by atoms with E-state index in [0.29, 0.717) is 0 Å². The minimum absolute atomic E-state index is 0.924. The van der Waals surface area contributed by atoms with E-state index in [0.717, 1.165) is 39.3 Å². The monoisotopic (exact) mass is 232 g/mol. The van der Waals surface area contributed by atoms with Crippen LogP contribution in [0.25, 0.3) is 0 Å². The summed E-state index contributed by atoms with van der Waals surface area (Å²) in [5, 5.41) is 0. The van der Waals surface area contributed by atoms with Gasteiger partial charge >= 0.3 is 0 Å². The van der Waals surface area contributed by atoms with E-state index in [4.69, 9.17) is 9.47 Å². The van der Waals surface area contributed by atoms with E-state index in [9.17, 15) is 0 Å². The second-order valence-corrected chi connectivity index (χ2v) is 3.93. The molecular formula is C14H32O2. The number of hydrogen-bond donors (Lipinski definition) is 0. The Hall–Kier alpha value is -0.0800. The maximum absolute atomic E-state index is 5.31. The summed E-state index contributed by atoms with van der Waals surface area (Å²) in [5.74, 6) is 0. The molecule has 0 aromatic carbocycles. The standard InChI is InChI=1S/C8H18O.C6H14O/c1-3-5-7-9-8-6-4-2;1-3-5-7-6-4-2/h3-8H2,1-2H3;3-6H2,1-2H3. The summed E-state index contributed by atoms with van der Waals surface area (Å²) in [5.41, 5.74) is 0. The highest BCUT2D eigenvalue weighted by Gasteiger charge is 1.84. The summed E-state index contributed by atoms with van der Waals surface area (Å²) < 4.78 is 10.4. The highest BCUT2D eigenvalue weighted by Crippen LogP contribution is 1.91. The fourth-order valence-electron chi connectivity index (χ4n) is 0.986. The van der Waals surface area contributed by atoms with Crippen molar-refractivity contribution >= 4 is 0 Å². The Morgan fingerprint density at radius 3 is 1.19 bits per heavy atom. The van der Waals surface area contributed by atoms with E-state index in [-0.39, 0.29) is 0 Å². The predicted molar refractivity (Wildman–Crippen MR) is 72.0 cm³/mol. The lowest BCUT2D eigenvalue weighted by atomic mass is 10.3. The average Bonchev–Trinajstić information content (AvgIpc) is 2.31. The topological polar surface area (TPSA) is 18.5 Å². The molecule has 0 saturated carbocycles. The first-order chi connectivity index (χ1) is 7.83. The van der Waals surface area contributed by atoms with Crippen molar-refractivity contribution in [1.29, 1.82) is 0 Å². The third-order valence-corrected chi connectivity index (χ3v) is 1.98. The van der Waals surface area contributed by atoms with Gasteiger partial charge in [0, 0.05) is 26.4 Å². The number of hydrogen-bond acceptors (Lipinski definition) is 2. The average molecular weight is 232 g/mol. The van der Waals surface area contributed by atoms with Crippen molar-refractivity contribution in [2.24, 2.45) is 0 Å². The van der Waals surface area contributed by atoms with E-state index in [1.54, 1.807) is 0 Å². The van der Waals surface area contributed by atoms with Crippen LogP contribution >= 0.6 is 0 Å². The third kappa shape index (κ3) is 23.6. The molecule has 0 fully saturated rings. The molecule has 16 heavy (non-hydrogen) atoms. The van der Waals surface area contributed by atoms with Crippen LogP contribution in [0.2, 0.25) is 0 Å². The molecule has 0 aromatic heterocycles. The molecule has 0 unspecified atom stereocenters. The molecule has 0 aliphatic carbocycles. The Bertz CT molecular complexity index is 84.7. The Morgan fingerprint density at radius 2 is 0.875 bits per heavy atom. The van der Waals surface area contributed by atoms with Crippen LogP contribution in [0.5, 0.6) is 0 Å². The van der Waals surface area contributed by atoms with Gasteiger partial charge in [-0.15, -0.1) is 0 Å². The van der Waals surface area contributed by atoms with Gasteiger partial charge in [-0.3, -0.25) is 0 Å². The highest BCUT2D eigenvalue weighted by atomic mass is 16.5. The zero-order valence-corrected chi connectivity index (χ0v) is 11.9. The van der Waals surface area contributed by atoms with Gasteiger partial charge in [0.2, 0.25) is 0 Å². The summed E-state index contributed by atoms with van der Waals surface area (Å²) in [4.78, 5) is 0. The zero-order chi connectivity index (χ0) is 12.5. The van der Waals surface area contributed by atoms with Gasteiger partial charge < -0.3 is 9.47 Å². The van der Waals surface area contributed by atoms with Gasteiger partial charge in [-0.1, -0.05) is 40.5 Å². The fraction of sp³-hybridized carbons (Fsp3) is 1.00. The SMILES string of the molecule is CCCCOCCCC.CCCOCCC. The molecule has 0 amide bonds. The minimum Gasteiger partial charge on any atom is -0.381 e. The summed E-state index contributed by atoms with van der Waals surface area (Å²) in [6, 6.07) is 0. The van der Waals surface area contributed by atoms with Crippen molar-refractivity contribution in [2.45, 2.75) is 66.2 Å². The van der Waals surface area contributed by atoms with Crippen LogP contribution in [-0.2, 0) is 9.47 Å². The van der Waals surface area contributed by atoms with E-state index in [1.807, 2.05) is 0 Å². The maximum atomic E-state index is 5.31. The number of ether oxygens (including phenoxy) is 2. The lowest BCUT2D eigenvalue weighted by Gasteiger charge is -1.99. The minimum atomic E-state index is 0.924. The molecule has 2 nitrogen and oxygen atoms in total. The smallest absolute Gasteiger partial charge is 0.0465 e.